The van der Waals surface area contributed by atoms with Crippen molar-refractivity contribution in [3.63, 3.8) is 0 Å². The molecular weight excluding hydrogens is 607 g/mol. The van der Waals surface area contributed by atoms with Crippen LogP contribution < -0.4 is 5.32 Å². The van der Waals surface area contributed by atoms with Gasteiger partial charge in [0.05, 0.1) is 0 Å². The molecule has 1 unspecified atom stereocenters. The largest absolute Gasteiger partial charge is 0.324 e. The first kappa shape index (κ1) is 29.6. The van der Waals surface area contributed by atoms with Gasteiger partial charge in [0.25, 0.3) is 0 Å². The molecule has 1 N–H and O–H groups in total. The second kappa shape index (κ2) is 12.8. The monoisotopic (exact) mass is 639 g/mol. The molecule has 0 bridgehead atoms. The number of hydrogen-bond donors (Lipinski definition) is 1. The SMILES string of the molecule is c1ccc(-c2cccc(C3=NC(c4ccc5cccc(-c6ccccc6)c5c4)N=C(c4ccc5ccccc5c4)N3)c2-c2ccccc2)cc1. The Morgan fingerprint density at radius 1 is 0.360 bits per heavy atom. The Kier molecular flexibility index (Phi) is 7.56. The molecule has 0 fully saturated rings. The van der Waals surface area contributed by atoms with E-state index in [0.29, 0.717) is 0 Å². The second-order valence-electron chi connectivity index (χ2n) is 12.6. The summed E-state index contributed by atoms with van der Waals surface area (Å²) in [5.41, 5.74) is 10.1. The summed E-state index contributed by atoms with van der Waals surface area (Å²) in [6.45, 7) is 0. The number of aliphatic imine (C=N–C) groups is 2. The van der Waals surface area contributed by atoms with Crippen molar-refractivity contribution in [2.45, 2.75) is 6.17 Å². The molecule has 9 rings (SSSR count). The fraction of sp³-hybridized carbons (Fsp3) is 0.0213. The second-order valence-corrected chi connectivity index (χ2v) is 12.6. The Morgan fingerprint density at radius 2 is 0.920 bits per heavy atom. The van der Waals surface area contributed by atoms with Crippen molar-refractivity contribution in [1.82, 2.24) is 5.32 Å². The molecule has 0 saturated carbocycles. The third kappa shape index (κ3) is 5.55. The summed E-state index contributed by atoms with van der Waals surface area (Å²) < 4.78 is 0. The Hall–Kier alpha value is -6.58. The first-order valence-electron chi connectivity index (χ1n) is 17.0. The van der Waals surface area contributed by atoms with E-state index in [2.05, 4.69) is 193 Å². The summed E-state index contributed by atoms with van der Waals surface area (Å²) in [4.78, 5) is 10.7. The van der Waals surface area contributed by atoms with Gasteiger partial charge in [-0.3, -0.25) is 0 Å². The zero-order valence-electron chi connectivity index (χ0n) is 27.4. The quantitative estimate of drug-likeness (QED) is 0.193. The van der Waals surface area contributed by atoms with Crippen LogP contribution in [0.4, 0.5) is 0 Å². The summed E-state index contributed by atoms with van der Waals surface area (Å²) in [6.07, 6.45) is -0.454. The van der Waals surface area contributed by atoms with Gasteiger partial charge in [-0.05, 0) is 67.1 Å². The minimum Gasteiger partial charge on any atom is -0.324 e. The van der Waals surface area contributed by atoms with Crippen LogP contribution in [0.25, 0.3) is 54.9 Å². The number of fused-ring (bicyclic) bond motifs is 2. The van der Waals surface area contributed by atoms with Crippen LogP contribution in [0.15, 0.2) is 198 Å². The molecule has 236 valence electrons. The zero-order valence-corrected chi connectivity index (χ0v) is 27.4. The molecule has 0 aromatic heterocycles. The Labute approximate surface area is 292 Å². The van der Waals surface area contributed by atoms with Crippen LogP contribution in [0.5, 0.6) is 0 Å². The van der Waals surface area contributed by atoms with Gasteiger partial charge in [-0.15, -0.1) is 0 Å². The number of amidine groups is 2. The minimum atomic E-state index is -0.454. The summed E-state index contributed by atoms with van der Waals surface area (Å²) in [5, 5.41) is 8.46. The number of nitrogens with one attached hydrogen (secondary N) is 1. The molecule has 1 aliphatic rings. The molecule has 1 heterocycles. The first-order valence-corrected chi connectivity index (χ1v) is 17.0. The molecule has 0 amide bonds. The molecule has 0 saturated heterocycles. The van der Waals surface area contributed by atoms with Gasteiger partial charge in [0.15, 0.2) is 6.17 Å². The molecule has 8 aromatic rings. The van der Waals surface area contributed by atoms with Crippen LogP contribution >= 0.6 is 0 Å². The molecule has 3 nitrogen and oxygen atoms in total. The van der Waals surface area contributed by atoms with Crippen molar-refractivity contribution in [3.05, 3.63) is 205 Å². The maximum Gasteiger partial charge on any atom is 0.169 e. The highest BCUT2D eigenvalue weighted by Gasteiger charge is 2.24. The first-order chi connectivity index (χ1) is 24.8. The minimum absolute atomic E-state index is 0.454. The van der Waals surface area contributed by atoms with Crippen LogP contribution in [0.1, 0.15) is 22.9 Å². The van der Waals surface area contributed by atoms with E-state index in [1.165, 1.54) is 32.7 Å². The standard InChI is InChI=1S/C47H33N3/c1-4-15-33(16-5-1)40-23-12-22-35-27-29-39(31-43(35)40)46-48-45(38-28-26-32-14-10-11-21-37(32)30-38)49-47(50-46)42-25-13-24-41(34-17-6-2-7-18-34)44(42)36-19-8-3-9-20-36/h1-31,46H,(H,48,49,50). The number of benzene rings is 8. The van der Waals surface area contributed by atoms with E-state index in [9.17, 15) is 0 Å². The van der Waals surface area contributed by atoms with Gasteiger partial charge in [-0.25, -0.2) is 9.98 Å². The zero-order chi connectivity index (χ0) is 33.3. The molecule has 1 atom stereocenters. The predicted molar refractivity (Wildman–Crippen MR) is 210 cm³/mol. The van der Waals surface area contributed by atoms with Crippen molar-refractivity contribution in [1.29, 1.82) is 0 Å². The average molecular weight is 640 g/mol. The Morgan fingerprint density at radius 3 is 1.68 bits per heavy atom. The van der Waals surface area contributed by atoms with Crippen LogP contribution in [-0.2, 0) is 0 Å². The van der Waals surface area contributed by atoms with Crippen molar-refractivity contribution in [3.8, 4) is 33.4 Å². The fourth-order valence-corrected chi connectivity index (χ4v) is 7.06. The third-order valence-corrected chi connectivity index (χ3v) is 9.52. The van der Waals surface area contributed by atoms with Crippen molar-refractivity contribution < 1.29 is 0 Å². The van der Waals surface area contributed by atoms with E-state index in [4.69, 9.17) is 9.98 Å². The van der Waals surface area contributed by atoms with Crippen molar-refractivity contribution in [2.24, 2.45) is 9.98 Å². The van der Waals surface area contributed by atoms with Gasteiger partial charge in [-0.2, -0.15) is 0 Å². The summed E-state index contributed by atoms with van der Waals surface area (Å²) in [6, 6.07) is 66.5. The van der Waals surface area contributed by atoms with E-state index in [0.717, 1.165) is 50.6 Å². The highest BCUT2D eigenvalue weighted by molar-refractivity contribution is 6.19. The number of rotatable bonds is 6. The van der Waals surface area contributed by atoms with E-state index < -0.39 is 6.17 Å². The number of hydrogen-bond acceptors (Lipinski definition) is 3. The molecule has 1 aliphatic heterocycles. The topological polar surface area (TPSA) is 36.8 Å². The molecule has 0 spiro atoms. The summed E-state index contributed by atoms with van der Waals surface area (Å²) in [7, 11) is 0. The molecular formula is C47H33N3. The van der Waals surface area contributed by atoms with E-state index in [1.54, 1.807) is 0 Å². The van der Waals surface area contributed by atoms with Crippen LogP contribution in [0.2, 0.25) is 0 Å². The van der Waals surface area contributed by atoms with Crippen LogP contribution in [0.3, 0.4) is 0 Å². The maximum atomic E-state index is 5.41. The van der Waals surface area contributed by atoms with Gasteiger partial charge in [0, 0.05) is 16.7 Å². The van der Waals surface area contributed by atoms with Crippen LogP contribution in [0, 0.1) is 0 Å². The van der Waals surface area contributed by atoms with Gasteiger partial charge >= 0.3 is 0 Å². The number of nitrogens with zero attached hydrogens (tertiary/aromatic N) is 2. The van der Waals surface area contributed by atoms with E-state index >= 15 is 0 Å². The van der Waals surface area contributed by atoms with Crippen molar-refractivity contribution in [2.75, 3.05) is 0 Å². The molecule has 0 aliphatic carbocycles. The molecule has 0 radical (unpaired) electrons. The van der Waals surface area contributed by atoms with Gasteiger partial charge in [0.2, 0.25) is 0 Å². The predicted octanol–water partition coefficient (Wildman–Crippen LogP) is 11.5. The maximum absolute atomic E-state index is 5.41. The highest BCUT2D eigenvalue weighted by atomic mass is 15.2. The lowest BCUT2D eigenvalue weighted by Gasteiger charge is -2.25. The molecule has 8 aromatic carbocycles. The summed E-state index contributed by atoms with van der Waals surface area (Å²) >= 11 is 0. The smallest absolute Gasteiger partial charge is 0.169 e. The fourth-order valence-electron chi connectivity index (χ4n) is 7.06. The van der Waals surface area contributed by atoms with Crippen LogP contribution in [-0.4, -0.2) is 11.7 Å². The Balaban J connectivity index is 1.25. The lowest BCUT2D eigenvalue weighted by Crippen LogP contribution is -2.36. The lowest BCUT2D eigenvalue weighted by molar-refractivity contribution is 0.757. The van der Waals surface area contributed by atoms with E-state index in [1.807, 2.05) is 0 Å². The van der Waals surface area contributed by atoms with Crippen molar-refractivity contribution >= 4 is 33.2 Å². The normalized spacial score (nSPS) is 14.2. The lowest BCUT2D eigenvalue weighted by atomic mass is 9.89. The van der Waals surface area contributed by atoms with E-state index in [-0.39, 0.29) is 0 Å². The third-order valence-electron chi connectivity index (χ3n) is 9.52. The molecule has 3 heteroatoms. The van der Waals surface area contributed by atoms with Gasteiger partial charge in [-0.1, -0.05) is 176 Å². The molecule has 50 heavy (non-hydrogen) atoms. The van der Waals surface area contributed by atoms with Gasteiger partial charge < -0.3 is 5.32 Å². The van der Waals surface area contributed by atoms with Gasteiger partial charge in [0.1, 0.15) is 11.7 Å². The summed E-state index contributed by atoms with van der Waals surface area (Å²) in [5.74, 6) is 1.59. The Bertz CT molecular complexity index is 2550. The average Bonchev–Trinajstić information content (AvgIpc) is 3.20. The highest BCUT2D eigenvalue weighted by Crippen LogP contribution is 2.37.